The average Bonchev–Trinajstić information content (AvgIpc) is 2.04. The molecule has 11 heavy (non-hydrogen) atoms. The van der Waals surface area contributed by atoms with Crippen molar-refractivity contribution in [3.8, 4) is 0 Å². The van der Waals surface area contributed by atoms with Crippen LogP contribution in [0.4, 0.5) is 0 Å². The summed E-state index contributed by atoms with van der Waals surface area (Å²) in [6.07, 6.45) is 3.90. The fourth-order valence-corrected chi connectivity index (χ4v) is 2.43. The number of hydrogen-bond donors (Lipinski definition) is 2. The van der Waals surface area contributed by atoms with E-state index in [0.717, 1.165) is 12.4 Å². The maximum Gasteiger partial charge on any atom is 0.103 e. The van der Waals surface area contributed by atoms with E-state index in [2.05, 4.69) is 11.4 Å². The molecule has 0 spiro atoms. The molecule has 2 rings (SSSR count). The number of rotatable bonds is 0. The largest absolute Gasteiger partial charge is 0.500 e. The van der Waals surface area contributed by atoms with Gasteiger partial charge >= 0.3 is 0 Å². The van der Waals surface area contributed by atoms with Crippen LogP contribution >= 0.6 is 11.8 Å². The highest BCUT2D eigenvalue weighted by Crippen LogP contribution is 2.24. The normalized spacial score (nSPS) is 42.8. The number of hydrogen-bond acceptors (Lipinski definition) is 4. The van der Waals surface area contributed by atoms with Crippen molar-refractivity contribution in [1.82, 2.24) is 5.32 Å². The Hall–Kier alpha value is -0.190. The standard InChI is InChI=1S/C7H12N2OS/c8-7-9-6-3-10-2-1-5(6)4-11-7/h1-2,5-7,9H,3-4,8H2. The van der Waals surface area contributed by atoms with Crippen molar-refractivity contribution in [3.05, 3.63) is 12.3 Å². The molecule has 3 unspecified atom stereocenters. The van der Waals surface area contributed by atoms with Gasteiger partial charge < -0.3 is 10.5 Å². The fourth-order valence-electron chi connectivity index (χ4n) is 1.39. The molecule has 2 heterocycles. The number of nitrogens with two attached hydrogens (primary N) is 1. The van der Waals surface area contributed by atoms with Gasteiger partial charge in [0.25, 0.3) is 0 Å². The summed E-state index contributed by atoms with van der Waals surface area (Å²) in [5.74, 6) is 1.71. The van der Waals surface area contributed by atoms with Crippen LogP contribution in [0.2, 0.25) is 0 Å². The highest BCUT2D eigenvalue weighted by molar-refractivity contribution is 7.99. The first-order valence-corrected chi connectivity index (χ1v) is 4.82. The van der Waals surface area contributed by atoms with Gasteiger partial charge in [0, 0.05) is 11.7 Å². The van der Waals surface area contributed by atoms with Crippen molar-refractivity contribution in [3.63, 3.8) is 0 Å². The molecule has 62 valence electrons. The Kier molecular flexibility index (Phi) is 2.07. The van der Waals surface area contributed by atoms with Crippen molar-refractivity contribution in [2.24, 2.45) is 11.7 Å². The lowest BCUT2D eigenvalue weighted by molar-refractivity contribution is 0.165. The summed E-state index contributed by atoms with van der Waals surface area (Å²) in [5, 5.41) is 3.28. The molecular weight excluding hydrogens is 160 g/mol. The van der Waals surface area contributed by atoms with Crippen molar-refractivity contribution in [1.29, 1.82) is 0 Å². The van der Waals surface area contributed by atoms with Crippen LogP contribution in [0, 0.1) is 5.92 Å². The van der Waals surface area contributed by atoms with Crippen molar-refractivity contribution < 1.29 is 4.74 Å². The summed E-state index contributed by atoms with van der Waals surface area (Å²) in [6.45, 7) is 0.759. The van der Waals surface area contributed by atoms with Gasteiger partial charge in [-0.1, -0.05) is 0 Å². The molecule has 3 atom stereocenters. The van der Waals surface area contributed by atoms with Crippen LogP contribution in [0.15, 0.2) is 12.3 Å². The molecule has 0 aromatic rings. The molecule has 0 amide bonds. The fraction of sp³-hybridized carbons (Fsp3) is 0.714. The summed E-state index contributed by atoms with van der Waals surface area (Å²) in [6, 6.07) is 0.427. The Bertz CT molecular complexity index is 174. The van der Waals surface area contributed by atoms with Crippen molar-refractivity contribution in [2.45, 2.75) is 11.5 Å². The third kappa shape index (κ3) is 1.52. The van der Waals surface area contributed by atoms with E-state index in [4.69, 9.17) is 10.5 Å². The number of ether oxygens (including phenoxy) is 1. The van der Waals surface area contributed by atoms with Crippen LogP contribution in [0.3, 0.4) is 0 Å². The Balaban J connectivity index is 2.02. The Morgan fingerprint density at radius 3 is 3.45 bits per heavy atom. The minimum atomic E-state index is 0.0892. The highest BCUT2D eigenvalue weighted by atomic mass is 32.2. The van der Waals surface area contributed by atoms with E-state index in [1.165, 1.54) is 0 Å². The van der Waals surface area contributed by atoms with Crippen LogP contribution < -0.4 is 11.1 Å². The smallest absolute Gasteiger partial charge is 0.103 e. The van der Waals surface area contributed by atoms with Gasteiger partial charge in [0.1, 0.15) is 12.1 Å². The number of nitrogens with one attached hydrogen (secondary N) is 1. The van der Waals surface area contributed by atoms with Gasteiger partial charge in [-0.25, -0.2) is 0 Å². The maximum absolute atomic E-state index is 5.71. The lowest BCUT2D eigenvalue weighted by Gasteiger charge is -2.35. The van der Waals surface area contributed by atoms with Gasteiger partial charge in [-0.3, -0.25) is 5.32 Å². The zero-order chi connectivity index (χ0) is 7.68. The molecule has 3 N–H and O–H groups in total. The predicted octanol–water partition coefficient (Wildman–Crippen LogP) is 0.0938. The predicted molar refractivity (Wildman–Crippen MR) is 45.9 cm³/mol. The molecule has 2 aliphatic heterocycles. The van der Waals surface area contributed by atoms with Crippen molar-refractivity contribution in [2.75, 3.05) is 12.4 Å². The van der Waals surface area contributed by atoms with Gasteiger partial charge in [0.05, 0.1) is 12.3 Å². The Morgan fingerprint density at radius 1 is 1.64 bits per heavy atom. The average molecular weight is 172 g/mol. The molecule has 4 heteroatoms. The summed E-state index contributed by atoms with van der Waals surface area (Å²) >= 11 is 1.76. The van der Waals surface area contributed by atoms with E-state index >= 15 is 0 Å². The summed E-state index contributed by atoms with van der Waals surface area (Å²) in [4.78, 5) is 0. The minimum Gasteiger partial charge on any atom is -0.500 e. The van der Waals surface area contributed by atoms with Crippen LogP contribution in [0.1, 0.15) is 0 Å². The Morgan fingerprint density at radius 2 is 2.55 bits per heavy atom. The second kappa shape index (κ2) is 3.05. The van der Waals surface area contributed by atoms with E-state index in [9.17, 15) is 0 Å². The number of fused-ring (bicyclic) bond motifs is 1. The van der Waals surface area contributed by atoms with Crippen LogP contribution in [-0.2, 0) is 4.74 Å². The topological polar surface area (TPSA) is 47.3 Å². The van der Waals surface area contributed by atoms with Crippen LogP contribution in [0.5, 0.6) is 0 Å². The molecule has 0 aromatic heterocycles. The van der Waals surface area contributed by atoms with Crippen LogP contribution in [0.25, 0.3) is 0 Å². The second-order valence-corrected chi connectivity index (χ2v) is 4.03. The summed E-state index contributed by atoms with van der Waals surface area (Å²) < 4.78 is 5.18. The zero-order valence-corrected chi connectivity index (χ0v) is 7.01. The molecule has 0 aliphatic carbocycles. The molecule has 0 radical (unpaired) electrons. The third-order valence-corrected chi connectivity index (χ3v) is 3.13. The Labute approximate surface area is 70.4 Å². The van der Waals surface area contributed by atoms with E-state index in [1.807, 2.05) is 0 Å². The SMILES string of the molecule is NC1NC2COC=CC2CS1. The molecule has 0 aromatic carbocycles. The van der Waals surface area contributed by atoms with Gasteiger partial charge in [-0.05, 0) is 6.08 Å². The van der Waals surface area contributed by atoms with Crippen LogP contribution in [-0.4, -0.2) is 23.9 Å². The maximum atomic E-state index is 5.71. The van der Waals surface area contributed by atoms with Gasteiger partial charge in [0.2, 0.25) is 0 Å². The molecule has 1 fully saturated rings. The van der Waals surface area contributed by atoms with E-state index in [-0.39, 0.29) is 5.50 Å². The molecule has 3 nitrogen and oxygen atoms in total. The quantitative estimate of drug-likeness (QED) is 0.544. The monoisotopic (exact) mass is 172 g/mol. The van der Waals surface area contributed by atoms with Gasteiger partial charge in [-0.15, -0.1) is 11.8 Å². The molecule has 2 aliphatic rings. The summed E-state index contributed by atoms with van der Waals surface area (Å²) in [7, 11) is 0. The van der Waals surface area contributed by atoms with E-state index < -0.39 is 0 Å². The van der Waals surface area contributed by atoms with E-state index in [1.54, 1.807) is 18.0 Å². The summed E-state index contributed by atoms with van der Waals surface area (Å²) in [5.41, 5.74) is 5.80. The minimum absolute atomic E-state index is 0.0892. The lowest BCUT2D eigenvalue weighted by atomic mass is 10.0. The molecular formula is C7H12N2OS. The highest BCUT2D eigenvalue weighted by Gasteiger charge is 2.28. The van der Waals surface area contributed by atoms with Gasteiger partial charge in [0.15, 0.2) is 0 Å². The van der Waals surface area contributed by atoms with E-state index in [0.29, 0.717) is 12.0 Å². The van der Waals surface area contributed by atoms with Crippen molar-refractivity contribution >= 4 is 11.8 Å². The molecule has 0 saturated carbocycles. The van der Waals surface area contributed by atoms with Gasteiger partial charge in [-0.2, -0.15) is 0 Å². The third-order valence-electron chi connectivity index (χ3n) is 2.06. The molecule has 0 bridgehead atoms. The lowest BCUT2D eigenvalue weighted by Crippen LogP contribution is -2.53. The first kappa shape index (κ1) is 7.46. The zero-order valence-electron chi connectivity index (χ0n) is 6.19. The first-order valence-electron chi connectivity index (χ1n) is 3.78. The first-order chi connectivity index (χ1) is 5.36. The number of thioether (sulfide) groups is 1. The molecule has 1 saturated heterocycles. The second-order valence-electron chi connectivity index (χ2n) is 2.85.